The van der Waals surface area contributed by atoms with Crippen LogP contribution >= 0.6 is 0 Å². The molecule has 0 spiro atoms. The monoisotopic (exact) mass is 449 g/mol. The molecule has 1 amide bonds. The molecule has 0 fully saturated rings. The fraction of sp³-hybridized carbons (Fsp3) is 0.172. The Morgan fingerprint density at radius 2 is 1.68 bits per heavy atom. The number of imidazole rings is 1. The number of nitrogens with one attached hydrogen (secondary N) is 1. The Hall–Kier alpha value is -4.12. The molecule has 0 saturated carbocycles. The van der Waals surface area contributed by atoms with Gasteiger partial charge in [0.15, 0.2) is 0 Å². The number of ether oxygens (including phenoxy) is 1. The second-order valence-corrected chi connectivity index (χ2v) is 8.36. The van der Waals surface area contributed by atoms with Gasteiger partial charge in [0.05, 0.1) is 17.6 Å². The van der Waals surface area contributed by atoms with Gasteiger partial charge in [0.2, 0.25) is 0 Å². The number of carbonyl (C=O) groups excluding carboxylic acids is 1. The Morgan fingerprint density at radius 1 is 0.912 bits per heavy atom. The molecule has 5 rings (SSSR count). The van der Waals surface area contributed by atoms with Crippen LogP contribution in [0, 0.1) is 6.92 Å². The van der Waals surface area contributed by atoms with Gasteiger partial charge >= 0.3 is 0 Å². The van der Waals surface area contributed by atoms with Crippen molar-refractivity contribution in [1.82, 2.24) is 14.9 Å². The van der Waals surface area contributed by atoms with E-state index in [0.717, 1.165) is 33.4 Å². The van der Waals surface area contributed by atoms with Crippen LogP contribution in [0.25, 0.3) is 21.8 Å². The van der Waals surface area contributed by atoms with E-state index in [2.05, 4.69) is 22.9 Å². The number of amides is 1. The van der Waals surface area contributed by atoms with Crippen LogP contribution in [-0.2, 0) is 13.0 Å². The summed E-state index contributed by atoms with van der Waals surface area (Å²) in [6, 6.07) is 29.9. The molecule has 0 bridgehead atoms. The third kappa shape index (κ3) is 4.64. The lowest BCUT2D eigenvalue weighted by atomic mass is 10.0. The van der Waals surface area contributed by atoms with Crippen molar-refractivity contribution in [3.8, 4) is 5.75 Å². The lowest BCUT2D eigenvalue weighted by molar-refractivity contribution is 0.0955. The van der Waals surface area contributed by atoms with Crippen molar-refractivity contribution < 1.29 is 9.53 Å². The van der Waals surface area contributed by atoms with Gasteiger partial charge in [0.25, 0.3) is 5.91 Å². The highest BCUT2D eigenvalue weighted by Crippen LogP contribution is 2.19. The summed E-state index contributed by atoms with van der Waals surface area (Å²) in [5.74, 6) is 1.73. The van der Waals surface area contributed by atoms with Crippen molar-refractivity contribution >= 4 is 27.7 Å². The van der Waals surface area contributed by atoms with E-state index in [-0.39, 0.29) is 5.91 Å². The highest BCUT2D eigenvalue weighted by molar-refractivity contribution is 6.07. The van der Waals surface area contributed by atoms with Gasteiger partial charge in [-0.2, -0.15) is 0 Å². The molecule has 0 unspecified atom stereocenters. The molecule has 0 aliphatic carbocycles. The van der Waals surface area contributed by atoms with Crippen LogP contribution in [0.4, 0.5) is 0 Å². The van der Waals surface area contributed by atoms with E-state index >= 15 is 0 Å². The Morgan fingerprint density at radius 3 is 2.56 bits per heavy atom. The highest BCUT2D eigenvalue weighted by atomic mass is 16.5. The van der Waals surface area contributed by atoms with E-state index in [9.17, 15) is 4.79 Å². The lowest BCUT2D eigenvalue weighted by Crippen LogP contribution is -2.27. The summed E-state index contributed by atoms with van der Waals surface area (Å²) in [4.78, 5) is 17.7. The van der Waals surface area contributed by atoms with Crippen LogP contribution in [0.2, 0.25) is 0 Å². The van der Waals surface area contributed by atoms with Crippen LogP contribution in [0.15, 0.2) is 91.0 Å². The van der Waals surface area contributed by atoms with Crippen LogP contribution in [0.5, 0.6) is 5.75 Å². The number of hydrogen-bond acceptors (Lipinski definition) is 3. The van der Waals surface area contributed by atoms with Gasteiger partial charge in [0, 0.05) is 18.5 Å². The topological polar surface area (TPSA) is 56.1 Å². The number of para-hydroxylation sites is 2. The maximum Gasteiger partial charge on any atom is 0.251 e. The number of nitrogens with zero attached hydrogens (tertiary/aromatic N) is 2. The van der Waals surface area contributed by atoms with Gasteiger partial charge in [-0.15, -0.1) is 0 Å². The van der Waals surface area contributed by atoms with E-state index in [1.807, 2.05) is 84.9 Å². The van der Waals surface area contributed by atoms with Crippen molar-refractivity contribution in [2.24, 2.45) is 0 Å². The highest BCUT2D eigenvalue weighted by Gasteiger charge is 2.13. The van der Waals surface area contributed by atoms with Gasteiger partial charge in [-0.05, 0) is 48.0 Å². The summed E-state index contributed by atoms with van der Waals surface area (Å²) in [6.45, 7) is 3.79. The lowest BCUT2D eigenvalue weighted by Gasteiger charge is -2.12. The molecule has 5 aromatic rings. The molecule has 0 aliphatic rings. The summed E-state index contributed by atoms with van der Waals surface area (Å²) in [5, 5.41) is 5.10. The molecule has 0 atom stereocenters. The van der Waals surface area contributed by atoms with Gasteiger partial charge in [-0.25, -0.2) is 4.98 Å². The number of rotatable bonds is 8. The largest absolute Gasteiger partial charge is 0.492 e. The first-order valence-corrected chi connectivity index (χ1v) is 11.6. The summed E-state index contributed by atoms with van der Waals surface area (Å²) in [6.07, 6.45) is 0.635. The normalized spacial score (nSPS) is 11.1. The minimum Gasteiger partial charge on any atom is -0.492 e. The van der Waals surface area contributed by atoms with E-state index in [1.165, 1.54) is 5.56 Å². The maximum absolute atomic E-state index is 12.9. The summed E-state index contributed by atoms with van der Waals surface area (Å²) in [5.41, 5.74) is 3.93. The number of carbonyl (C=O) groups is 1. The molecule has 1 N–H and O–H groups in total. The fourth-order valence-electron chi connectivity index (χ4n) is 4.26. The fourth-order valence-corrected chi connectivity index (χ4v) is 4.26. The van der Waals surface area contributed by atoms with Crippen molar-refractivity contribution in [2.45, 2.75) is 19.9 Å². The minimum absolute atomic E-state index is 0.0674. The Balaban J connectivity index is 1.27. The first-order chi connectivity index (χ1) is 16.7. The number of aromatic nitrogens is 2. The molecule has 170 valence electrons. The van der Waals surface area contributed by atoms with Crippen molar-refractivity contribution in [3.63, 3.8) is 0 Å². The molecule has 1 aromatic heterocycles. The molecule has 5 heteroatoms. The molecule has 4 aromatic carbocycles. The molecular formula is C29H27N3O2. The predicted octanol–water partition coefficient (Wildman–Crippen LogP) is 5.55. The molecule has 34 heavy (non-hydrogen) atoms. The first-order valence-electron chi connectivity index (χ1n) is 11.6. The quantitative estimate of drug-likeness (QED) is 0.338. The first kappa shape index (κ1) is 21.7. The average molecular weight is 450 g/mol. The smallest absolute Gasteiger partial charge is 0.251 e. The second kappa shape index (κ2) is 9.79. The molecule has 0 saturated heterocycles. The van der Waals surface area contributed by atoms with Gasteiger partial charge < -0.3 is 14.6 Å². The number of hydrogen-bond donors (Lipinski definition) is 1. The molecule has 1 heterocycles. The molecular weight excluding hydrogens is 422 g/mol. The SMILES string of the molecule is Cc1ccc(OCCn2c(CCNC(=O)c3cccc4ccccc34)nc3ccccc32)cc1. The third-order valence-corrected chi connectivity index (χ3v) is 6.01. The zero-order valence-corrected chi connectivity index (χ0v) is 19.2. The second-order valence-electron chi connectivity index (χ2n) is 8.36. The summed E-state index contributed by atoms with van der Waals surface area (Å²) >= 11 is 0. The standard InChI is InChI=1S/C29H27N3O2/c1-21-13-15-23(16-14-21)34-20-19-32-27-12-5-4-11-26(27)31-28(32)17-18-30-29(33)25-10-6-8-22-7-2-3-9-24(22)25/h2-16H,17-20H2,1H3,(H,30,33). The van der Waals surface area contributed by atoms with Crippen molar-refractivity contribution in [1.29, 1.82) is 0 Å². The maximum atomic E-state index is 12.9. The number of fused-ring (bicyclic) bond motifs is 2. The Kier molecular flexibility index (Phi) is 6.25. The van der Waals surface area contributed by atoms with Crippen LogP contribution < -0.4 is 10.1 Å². The molecule has 0 radical (unpaired) electrons. The third-order valence-electron chi connectivity index (χ3n) is 6.01. The zero-order chi connectivity index (χ0) is 23.3. The van der Waals surface area contributed by atoms with Gasteiger partial charge in [0.1, 0.15) is 18.2 Å². The number of benzene rings is 4. The van der Waals surface area contributed by atoms with Crippen LogP contribution in [-0.4, -0.2) is 28.6 Å². The predicted molar refractivity (Wildman–Crippen MR) is 136 cm³/mol. The van der Waals surface area contributed by atoms with Crippen LogP contribution in [0.1, 0.15) is 21.7 Å². The molecule has 5 nitrogen and oxygen atoms in total. The van der Waals surface area contributed by atoms with E-state index in [0.29, 0.717) is 31.7 Å². The van der Waals surface area contributed by atoms with Crippen molar-refractivity contribution in [3.05, 3.63) is 108 Å². The summed E-state index contributed by atoms with van der Waals surface area (Å²) in [7, 11) is 0. The van der Waals surface area contributed by atoms with E-state index in [1.54, 1.807) is 0 Å². The number of aryl methyl sites for hydroxylation is 1. The van der Waals surface area contributed by atoms with E-state index < -0.39 is 0 Å². The van der Waals surface area contributed by atoms with E-state index in [4.69, 9.17) is 9.72 Å². The van der Waals surface area contributed by atoms with Gasteiger partial charge in [-0.1, -0.05) is 66.2 Å². The van der Waals surface area contributed by atoms with Crippen LogP contribution in [0.3, 0.4) is 0 Å². The Labute approximate surface area is 199 Å². The van der Waals surface area contributed by atoms with Gasteiger partial charge in [-0.3, -0.25) is 4.79 Å². The minimum atomic E-state index is -0.0674. The van der Waals surface area contributed by atoms with Crippen molar-refractivity contribution in [2.75, 3.05) is 13.2 Å². The zero-order valence-electron chi connectivity index (χ0n) is 19.2. The average Bonchev–Trinajstić information content (AvgIpc) is 3.22. The Bertz CT molecular complexity index is 1430. The molecule has 0 aliphatic heterocycles. The summed E-state index contributed by atoms with van der Waals surface area (Å²) < 4.78 is 8.15.